The molecular formula is C15H19ClN2OS. The van der Waals surface area contributed by atoms with Crippen molar-refractivity contribution in [2.45, 2.75) is 19.4 Å². The molecule has 0 aliphatic carbocycles. The molecule has 20 heavy (non-hydrogen) atoms. The summed E-state index contributed by atoms with van der Waals surface area (Å²) in [5.74, 6) is -0.125. The van der Waals surface area contributed by atoms with Crippen LogP contribution in [0.1, 0.15) is 22.0 Å². The van der Waals surface area contributed by atoms with Gasteiger partial charge in [0, 0.05) is 11.4 Å². The van der Waals surface area contributed by atoms with Gasteiger partial charge in [-0.25, -0.2) is 0 Å². The fraction of sp³-hybridized carbons (Fsp3) is 0.267. The van der Waals surface area contributed by atoms with Crippen LogP contribution in [0, 0.1) is 6.92 Å². The first-order valence-corrected chi connectivity index (χ1v) is 7.17. The van der Waals surface area contributed by atoms with Gasteiger partial charge in [0.15, 0.2) is 0 Å². The monoisotopic (exact) mass is 310 g/mol. The van der Waals surface area contributed by atoms with E-state index in [0.717, 1.165) is 17.5 Å². The van der Waals surface area contributed by atoms with E-state index in [1.807, 2.05) is 42.6 Å². The van der Waals surface area contributed by atoms with Crippen LogP contribution in [-0.2, 0) is 11.2 Å². The van der Waals surface area contributed by atoms with Crippen molar-refractivity contribution >= 4 is 29.7 Å². The maximum atomic E-state index is 11.9. The van der Waals surface area contributed by atoms with Gasteiger partial charge in [0.25, 0.3) is 0 Å². The molecule has 3 N–H and O–H groups in total. The maximum absolute atomic E-state index is 11.9. The van der Waals surface area contributed by atoms with Gasteiger partial charge in [-0.2, -0.15) is 0 Å². The number of carbonyl (C=O) groups is 1. The quantitative estimate of drug-likeness (QED) is 0.892. The molecule has 0 aliphatic heterocycles. The van der Waals surface area contributed by atoms with E-state index in [0.29, 0.717) is 6.54 Å². The van der Waals surface area contributed by atoms with Crippen LogP contribution in [0.15, 0.2) is 41.8 Å². The third-order valence-corrected chi connectivity index (χ3v) is 3.91. The molecule has 1 aromatic heterocycles. The van der Waals surface area contributed by atoms with E-state index in [4.69, 9.17) is 5.73 Å². The molecule has 0 fully saturated rings. The Balaban J connectivity index is 0.00000200. The van der Waals surface area contributed by atoms with Crippen LogP contribution < -0.4 is 11.1 Å². The first-order chi connectivity index (χ1) is 9.16. The fourth-order valence-corrected chi connectivity index (χ4v) is 2.51. The van der Waals surface area contributed by atoms with Gasteiger partial charge in [0.2, 0.25) is 5.91 Å². The lowest BCUT2D eigenvalue weighted by Gasteiger charge is -2.12. The number of benzene rings is 1. The number of thiophene rings is 1. The van der Waals surface area contributed by atoms with Crippen LogP contribution in [0.4, 0.5) is 0 Å². The highest BCUT2D eigenvalue weighted by Crippen LogP contribution is 2.12. The van der Waals surface area contributed by atoms with Crippen molar-refractivity contribution in [3.8, 4) is 0 Å². The van der Waals surface area contributed by atoms with Crippen LogP contribution in [-0.4, -0.2) is 12.5 Å². The van der Waals surface area contributed by atoms with E-state index in [1.54, 1.807) is 11.3 Å². The number of halogens is 1. The largest absolute Gasteiger partial charge is 0.354 e. The zero-order valence-corrected chi connectivity index (χ0v) is 13.0. The first kappa shape index (κ1) is 16.7. The third-order valence-electron chi connectivity index (χ3n) is 2.97. The number of nitrogens with two attached hydrogens (primary N) is 1. The molecule has 5 heteroatoms. The number of nitrogens with one attached hydrogen (secondary N) is 1. The molecule has 1 atom stereocenters. The molecular weight excluding hydrogens is 292 g/mol. The Morgan fingerprint density at radius 3 is 2.60 bits per heavy atom. The average Bonchev–Trinajstić information content (AvgIpc) is 2.92. The predicted molar refractivity (Wildman–Crippen MR) is 86.4 cm³/mol. The normalized spacial score (nSPS) is 11.5. The second kappa shape index (κ2) is 8.04. The summed E-state index contributed by atoms with van der Waals surface area (Å²) in [6, 6.07) is 11.2. The molecule has 0 saturated heterocycles. The predicted octanol–water partition coefficient (Wildman–Crippen LogP) is 2.84. The molecule has 108 valence electrons. The van der Waals surface area contributed by atoms with E-state index in [9.17, 15) is 4.79 Å². The number of amides is 1. The van der Waals surface area contributed by atoms with Crippen LogP contribution >= 0.6 is 23.7 Å². The van der Waals surface area contributed by atoms with E-state index < -0.39 is 6.04 Å². The summed E-state index contributed by atoms with van der Waals surface area (Å²) in [4.78, 5) is 13.2. The molecule has 1 unspecified atom stereocenters. The van der Waals surface area contributed by atoms with E-state index in [1.165, 1.54) is 4.88 Å². The lowest BCUT2D eigenvalue weighted by molar-refractivity contribution is -0.122. The Hall–Kier alpha value is -1.36. The molecule has 2 aromatic rings. The van der Waals surface area contributed by atoms with Gasteiger partial charge < -0.3 is 11.1 Å². The zero-order valence-electron chi connectivity index (χ0n) is 11.3. The Bertz CT molecular complexity index is 525. The summed E-state index contributed by atoms with van der Waals surface area (Å²) < 4.78 is 0. The smallest absolute Gasteiger partial charge is 0.241 e. The second-order valence-electron chi connectivity index (χ2n) is 4.51. The molecule has 1 amide bonds. The number of hydrogen-bond donors (Lipinski definition) is 2. The van der Waals surface area contributed by atoms with Gasteiger partial charge in [0.05, 0.1) is 0 Å². The maximum Gasteiger partial charge on any atom is 0.241 e. The van der Waals surface area contributed by atoms with Crippen LogP contribution in [0.2, 0.25) is 0 Å². The van der Waals surface area contributed by atoms with Gasteiger partial charge in [-0.3, -0.25) is 4.79 Å². The number of rotatable bonds is 5. The van der Waals surface area contributed by atoms with E-state index >= 15 is 0 Å². The highest BCUT2D eigenvalue weighted by atomic mass is 35.5. The van der Waals surface area contributed by atoms with Gasteiger partial charge in [-0.1, -0.05) is 35.9 Å². The van der Waals surface area contributed by atoms with Crippen molar-refractivity contribution in [2.24, 2.45) is 5.73 Å². The second-order valence-corrected chi connectivity index (χ2v) is 5.54. The lowest BCUT2D eigenvalue weighted by Crippen LogP contribution is -2.35. The SMILES string of the molecule is Cc1ccc(C(N)C(=O)NCCc2cccs2)cc1.Cl. The van der Waals surface area contributed by atoms with E-state index in [-0.39, 0.29) is 18.3 Å². The summed E-state index contributed by atoms with van der Waals surface area (Å²) in [6.07, 6.45) is 0.851. The zero-order chi connectivity index (χ0) is 13.7. The standard InChI is InChI=1S/C15H18N2OS.ClH/c1-11-4-6-12(7-5-11)14(16)15(18)17-9-8-13-3-2-10-19-13;/h2-7,10,14H,8-9,16H2,1H3,(H,17,18);1H. The van der Waals surface area contributed by atoms with Crippen molar-refractivity contribution < 1.29 is 4.79 Å². The molecule has 1 aromatic carbocycles. The number of carbonyl (C=O) groups excluding carboxylic acids is 1. The Labute approximate surface area is 129 Å². The summed E-state index contributed by atoms with van der Waals surface area (Å²) in [5.41, 5.74) is 7.95. The van der Waals surface area contributed by atoms with Crippen molar-refractivity contribution in [3.63, 3.8) is 0 Å². The van der Waals surface area contributed by atoms with Gasteiger partial charge in [-0.15, -0.1) is 23.7 Å². The molecule has 0 aliphatic rings. The molecule has 0 bridgehead atoms. The van der Waals surface area contributed by atoms with Gasteiger partial charge in [0.1, 0.15) is 6.04 Å². The van der Waals surface area contributed by atoms with E-state index in [2.05, 4.69) is 11.4 Å². The number of aryl methyl sites for hydroxylation is 1. The summed E-state index contributed by atoms with van der Waals surface area (Å²) in [5, 5.41) is 4.91. The molecule has 1 heterocycles. The summed E-state index contributed by atoms with van der Waals surface area (Å²) in [7, 11) is 0. The lowest BCUT2D eigenvalue weighted by atomic mass is 10.1. The van der Waals surface area contributed by atoms with Crippen molar-refractivity contribution in [1.29, 1.82) is 0 Å². The van der Waals surface area contributed by atoms with Gasteiger partial charge in [-0.05, 0) is 30.4 Å². The highest BCUT2D eigenvalue weighted by Gasteiger charge is 2.14. The molecule has 2 rings (SSSR count). The summed E-state index contributed by atoms with van der Waals surface area (Å²) in [6.45, 7) is 2.63. The van der Waals surface area contributed by atoms with Crippen LogP contribution in [0.25, 0.3) is 0 Å². The Morgan fingerprint density at radius 1 is 1.30 bits per heavy atom. The minimum atomic E-state index is -0.594. The molecule has 3 nitrogen and oxygen atoms in total. The topological polar surface area (TPSA) is 55.1 Å². The van der Waals surface area contributed by atoms with Crippen molar-refractivity contribution in [2.75, 3.05) is 6.54 Å². The van der Waals surface area contributed by atoms with Crippen LogP contribution in [0.5, 0.6) is 0 Å². The average molecular weight is 311 g/mol. The molecule has 0 radical (unpaired) electrons. The highest BCUT2D eigenvalue weighted by molar-refractivity contribution is 7.09. The van der Waals surface area contributed by atoms with Crippen molar-refractivity contribution in [3.05, 3.63) is 57.8 Å². The fourth-order valence-electron chi connectivity index (χ4n) is 1.80. The Kier molecular flexibility index (Phi) is 6.71. The Morgan fingerprint density at radius 2 is 2.00 bits per heavy atom. The minimum Gasteiger partial charge on any atom is -0.354 e. The molecule has 0 spiro atoms. The molecule has 0 saturated carbocycles. The van der Waals surface area contributed by atoms with Gasteiger partial charge >= 0.3 is 0 Å². The first-order valence-electron chi connectivity index (χ1n) is 6.29. The van der Waals surface area contributed by atoms with Crippen molar-refractivity contribution in [1.82, 2.24) is 5.32 Å². The minimum absolute atomic E-state index is 0. The van der Waals surface area contributed by atoms with Crippen LogP contribution in [0.3, 0.4) is 0 Å². The number of hydrogen-bond acceptors (Lipinski definition) is 3. The third kappa shape index (κ3) is 4.63. The summed E-state index contributed by atoms with van der Waals surface area (Å²) >= 11 is 1.70.